The van der Waals surface area contributed by atoms with Crippen molar-refractivity contribution in [2.45, 2.75) is 39.8 Å². The minimum Gasteiger partial charge on any atom is -0.494 e. The van der Waals surface area contributed by atoms with Crippen LogP contribution in [0.4, 0.5) is 11.4 Å². The lowest BCUT2D eigenvalue weighted by atomic mass is 9.95. The van der Waals surface area contributed by atoms with Gasteiger partial charge in [0.25, 0.3) is 0 Å². The summed E-state index contributed by atoms with van der Waals surface area (Å²) in [5, 5.41) is 7.06. The number of hydrogen-bond acceptors (Lipinski definition) is 4. The molecular weight excluding hydrogens is 446 g/mol. The quantitative estimate of drug-likeness (QED) is 0.510. The van der Waals surface area contributed by atoms with Crippen LogP contribution in [0.25, 0.3) is 0 Å². The number of pyridine rings is 1. The molecule has 178 valence electrons. The first-order valence-corrected chi connectivity index (χ1v) is 11.6. The van der Waals surface area contributed by atoms with Crippen molar-refractivity contribution >= 4 is 34.6 Å². The van der Waals surface area contributed by atoms with E-state index in [0.29, 0.717) is 16.5 Å². The lowest BCUT2D eigenvalue weighted by molar-refractivity contribution is -0.123. The van der Waals surface area contributed by atoms with Crippen molar-refractivity contribution in [3.8, 4) is 5.75 Å². The molecule has 1 aliphatic rings. The number of hydrogen-bond donors (Lipinski definition) is 2. The molecule has 2 aromatic heterocycles. The van der Waals surface area contributed by atoms with Crippen molar-refractivity contribution in [2.24, 2.45) is 12.5 Å². The topological polar surface area (TPSA) is 71.4 Å². The highest BCUT2D eigenvalue weighted by molar-refractivity contribution is 7.80. The number of carbonyl (C=O) groups is 1. The van der Waals surface area contributed by atoms with Gasteiger partial charge < -0.3 is 24.8 Å². The number of aromatic nitrogens is 2. The van der Waals surface area contributed by atoms with E-state index in [9.17, 15) is 4.79 Å². The molecule has 0 aliphatic carbocycles. The fraction of sp³-hybridized carbons (Fsp3) is 0.346. The van der Waals surface area contributed by atoms with Crippen LogP contribution in [0.1, 0.15) is 49.9 Å². The molecule has 8 heteroatoms. The van der Waals surface area contributed by atoms with Crippen molar-refractivity contribution < 1.29 is 9.53 Å². The van der Waals surface area contributed by atoms with Crippen molar-refractivity contribution in [3.05, 3.63) is 71.8 Å². The van der Waals surface area contributed by atoms with Crippen molar-refractivity contribution in [1.29, 1.82) is 0 Å². The normalized spacial score (nSPS) is 18.1. The first-order chi connectivity index (χ1) is 16.1. The standard InChI is InChI=1S/C26H31N5O2S/c1-16-10-13-20(30(16)5)23-22(19-9-7-8-14-27-19)29-25(34)31(23)17-11-12-18(21(15-17)33-6)28-24(32)26(2,3)4/h7-15,22-23H,1-6H3,(H,28,32)(H,29,34)/t22-,23+/m1/s1. The molecule has 1 aromatic carbocycles. The Labute approximate surface area is 206 Å². The zero-order chi connectivity index (χ0) is 24.6. The molecule has 0 saturated carbocycles. The maximum atomic E-state index is 12.6. The summed E-state index contributed by atoms with van der Waals surface area (Å²) >= 11 is 5.83. The number of carbonyl (C=O) groups excluding carboxylic acids is 1. The Kier molecular flexibility index (Phi) is 6.36. The molecule has 1 aliphatic heterocycles. The van der Waals surface area contributed by atoms with E-state index in [4.69, 9.17) is 17.0 Å². The molecule has 0 spiro atoms. The summed E-state index contributed by atoms with van der Waals surface area (Å²) in [6, 6.07) is 15.6. The first-order valence-electron chi connectivity index (χ1n) is 11.2. The van der Waals surface area contributed by atoms with Crippen LogP contribution in [0, 0.1) is 12.3 Å². The predicted molar refractivity (Wildman–Crippen MR) is 139 cm³/mol. The number of nitrogens with zero attached hydrogens (tertiary/aromatic N) is 3. The molecule has 2 N–H and O–H groups in total. The minimum atomic E-state index is -0.518. The molecule has 3 aromatic rings. The Bertz CT molecular complexity index is 1220. The summed E-state index contributed by atoms with van der Waals surface area (Å²) in [5.74, 6) is 0.491. The van der Waals surface area contributed by atoms with Crippen LogP contribution in [0.2, 0.25) is 0 Å². The van der Waals surface area contributed by atoms with E-state index in [0.717, 1.165) is 22.8 Å². The minimum absolute atomic E-state index is 0.0794. The van der Waals surface area contributed by atoms with Gasteiger partial charge in [0, 0.05) is 41.8 Å². The number of thiocarbonyl (C=S) groups is 1. The number of anilines is 2. The van der Waals surface area contributed by atoms with E-state index < -0.39 is 5.41 Å². The van der Waals surface area contributed by atoms with E-state index >= 15 is 0 Å². The first kappa shape index (κ1) is 23.8. The Balaban J connectivity index is 1.78. The molecule has 0 radical (unpaired) electrons. The summed E-state index contributed by atoms with van der Waals surface area (Å²) in [7, 11) is 3.66. The third-order valence-corrected chi connectivity index (χ3v) is 6.52. The highest BCUT2D eigenvalue weighted by Crippen LogP contribution is 2.43. The molecule has 0 bridgehead atoms. The zero-order valence-electron chi connectivity index (χ0n) is 20.4. The molecule has 0 unspecified atom stereocenters. The average Bonchev–Trinajstić information content (AvgIpc) is 3.32. The molecule has 1 fully saturated rings. The highest BCUT2D eigenvalue weighted by atomic mass is 32.1. The fourth-order valence-electron chi connectivity index (χ4n) is 4.11. The average molecular weight is 478 g/mol. The highest BCUT2D eigenvalue weighted by Gasteiger charge is 2.42. The van der Waals surface area contributed by atoms with Crippen molar-refractivity contribution in [2.75, 3.05) is 17.3 Å². The van der Waals surface area contributed by atoms with Gasteiger partial charge >= 0.3 is 0 Å². The van der Waals surface area contributed by atoms with Crippen LogP contribution in [-0.4, -0.2) is 27.7 Å². The predicted octanol–water partition coefficient (Wildman–Crippen LogP) is 4.90. The summed E-state index contributed by atoms with van der Waals surface area (Å²) in [6.45, 7) is 7.71. The van der Waals surface area contributed by atoms with Gasteiger partial charge in [-0.15, -0.1) is 0 Å². The van der Waals surface area contributed by atoms with E-state index in [1.807, 2.05) is 57.2 Å². The number of aryl methyl sites for hydroxylation is 1. The van der Waals surface area contributed by atoms with Crippen LogP contribution in [-0.2, 0) is 11.8 Å². The largest absolute Gasteiger partial charge is 0.494 e. The van der Waals surface area contributed by atoms with Gasteiger partial charge in [-0.2, -0.15) is 0 Å². The third kappa shape index (κ3) is 4.37. The van der Waals surface area contributed by atoms with Crippen LogP contribution in [0.15, 0.2) is 54.7 Å². The van der Waals surface area contributed by atoms with E-state index in [1.54, 1.807) is 13.3 Å². The Hall–Kier alpha value is -3.39. The van der Waals surface area contributed by atoms with Crippen LogP contribution >= 0.6 is 12.2 Å². The summed E-state index contributed by atoms with van der Waals surface area (Å²) < 4.78 is 7.83. The van der Waals surface area contributed by atoms with Gasteiger partial charge in [-0.05, 0) is 55.5 Å². The number of nitrogens with one attached hydrogen (secondary N) is 2. The van der Waals surface area contributed by atoms with Gasteiger partial charge in [0.15, 0.2) is 5.11 Å². The third-order valence-electron chi connectivity index (χ3n) is 6.21. The lowest BCUT2D eigenvalue weighted by Gasteiger charge is -2.29. The molecule has 4 rings (SSSR count). The molecule has 7 nitrogen and oxygen atoms in total. The molecular formula is C26H31N5O2S. The smallest absolute Gasteiger partial charge is 0.229 e. The van der Waals surface area contributed by atoms with Gasteiger partial charge in [-0.1, -0.05) is 26.8 Å². The van der Waals surface area contributed by atoms with Crippen molar-refractivity contribution in [1.82, 2.24) is 14.9 Å². The number of ether oxygens (including phenoxy) is 1. The van der Waals surface area contributed by atoms with Gasteiger partial charge in [-0.25, -0.2) is 0 Å². The molecule has 1 amide bonds. The number of rotatable bonds is 5. The summed E-state index contributed by atoms with van der Waals surface area (Å²) in [4.78, 5) is 19.3. The van der Waals surface area contributed by atoms with Crippen molar-refractivity contribution in [3.63, 3.8) is 0 Å². The monoisotopic (exact) mass is 477 g/mol. The van der Waals surface area contributed by atoms with E-state index in [-0.39, 0.29) is 18.0 Å². The Morgan fingerprint density at radius 3 is 2.53 bits per heavy atom. The van der Waals surface area contributed by atoms with Crippen LogP contribution < -0.4 is 20.3 Å². The van der Waals surface area contributed by atoms with Gasteiger partial charge in [-0.3, -0.25) is 9.78 Å². The molecule has 1 saturated heterocycles. The Morgan fingerprint density at radius 2 is 1.94 bits per heavy atom. The Morgan fingerprint density at radius 1 is 1.18 bits per heavy atom. The fourth-order valence-corrected chi connectivity index (χ4v) is 4.45. The summed E-state index contributed by atoms with van der Waals surface area (Å²) in [6.07, 6.45) is 1.80. The molecule has 34 heavy (non-hydrogen) atoms. The van der Waals surface area contributed by atoms with Gasteiger partial charge in [0.1, 0.15) is 11.8 Å². The van der Waals surface area contributed by atoms with Gasteiger partial charge in [0.2, 0.25) is 5.91 Å². The second-order valence-corrected chi connectivity index (χ2v) is 9.93. The molecule has 2 atom stereocenters. The SMILES string of the molecule is COc1cc(N2C(=S)N[C@H](c3ccccn3)[C@@H]2c2ccc(C)n2C)ccc1NC(=O)C(C)(C)C. The zero-order valence-corrected chi connectivity index (χ0v) is 21.2. The maximum absolute atomic E-state index is 12.6. The van der Waals surface area contributed by atoms with E-state index in [2.05, 4.69) is 51.2 Å². The number of methoxy groups -OCH3 is 1. The van der Waals surface area contributed by atoms with E-state index in [1.165, 1.54) is 0 Å². The second kappa shape index (κ2) is 9.10. The van der Waals surface area contributed by atoms with Gasteiger partial charge in [0.05, 0.1) is 24.5 Å². The maximum Gasteiger partial charge on any atom is 0.229 e. The van der Waals surface area contributed by atoms with Crippen LogP contribution in [0.5, 0.6) is 5.75 Å². The van der Waals surface area contributed by atoms with Crippen LogP contribution in [0.3, 0.4) is 0 Å². The summed E-state index contributed by atoms with van der Waals surface area (Å²) in [5.41, 5.74) is 4.16. The number of amides is 1. The second-order valence-electron chi connectivity index (χ2n) is 9.54. The number of benzene rings is 1. The lowest BCUT2D eigenvalue weighted by Crippen LogP contribution is -2.30. The molecule has 3 heterocycles.